The summed E-state index contributed by atoms with van der Waals surface area (Å²) in [4.78, 5) is 15.3. The zero-order chi connectivity index (χ0) is 17.9. The average Bonchev–Trinajstić information content (AvgIpc) is 2.55. The predicted octanol–water partition coefficient (Wildman–Crippen LogP) is 3.62. The summed E-state index contributed by atoms with van der Waals surface area (Å²) in [5, 5.41) is 11.4. The lowest BCUT2D eigenvalue weighted by atomic mass is 9.86. The average molecular weight is 327 g/mol. The van der Waals surface area contributed by atoms with Crippen LogP contribution in [0, 0.1) is 10.1 Å². The topological polar surface area (TPSA) is 49.6 Å². The van der Waals surface area contributed by atoms with Gasteiger partial charge in [0, 0.05) is 51.4 Å². The van der Waals surface area contributed by atoms with Crippen LogP contribution in [-0.4, -0.2) is 39.2 Å². The highest BCUT2D eigenvalue weighted by molar-refractivity contribution is 5.50. The van der Waals surface area contributed by atoms with Crippen molar-refractivity contribution < 1.29 is 4.92 Å². The molecule has 0 saturated heterocycles. The second kappa shape index (κ2) is 7.34. The van der Waals surface area contributed by atoms with Crippen LogP contribution in [0.2, 0.25) is 0 Å². The number of hydrogen-bond donors (Lipinski definition) is 0. The highest BCUT2D eigenvalue weighted by Crippen LogP contribution is 2.31. The monoisotopic (exact) mass is 327 g/mol. The molecule has 1 unspecified atom stereocenters. The minimum atomic E-state index is -0.694. The Morgan fingerprint density at radius 1 is 0.792 bits per heavy atom. The zero-order valence-electron chi connectivity index (χ0n) is 14.9. The van der Waals surface area contributed by atoms with E-state index in [4.69, 9.17) is 0 Å². The molecule has 0 saturated carbocycles. The molecule has 0 amide bonds. The smallest absolute Gasteiger partial charge is 0.221 e. The van der Waals surface area contributed by atoms with E-state index in [1.165, 1.54) is 0 Å². The second-order valence-electron chi connectivity index (χ2n) is 6.48. The van der Waals surface area contributed by atoms with Crippen LogP contribution in [0.15, 0.2) is 48.5 Å². The third-order valence-corrected chi connectivity index (χ3v) is 4.35. The van der Waals surface area contributed by atoms with Crippen LogP contribution in [0.25, 0.3) is 0 Å². The van der Waals surface area contributed by atoms with Crippen molar-refractivity contribution in [3.63, 3.8) is 0 Å². The van der Waals surface area contributed by atoms with Crippen LogP contribution in [0.1, 0.15) is 24.0 Å². The molecule has 1 atom stereocenters. The fourth-order valence-corrected chi connectivity index (χ4v) is 2.83. The third kappa shape index (κ3) is 3.85. The maximum atomic E-state index is 11.4. The zero-order valence-corrected chi connectivity index (χ0v) is 14.9. The Kier molecular flexibility index (Phi) is 5.44. The van der Waals surface area contributed by atoms with Gasteiger partial charge in [-0.05, 0) is 35.4 Å². The van der Waals surface area contributed by atoms with Gasteiger partial charge in [0.2, 0.25) is 6.04 Å². The van der Waals surface area contributed by atoms with E-state index in [0.717, 1.165) is 22.5 Å². The fraction of sp³-hybridized carbons (Fsp3) is 0.368. The summed E-state index contributed by atoms with van der Waals surface area (Å²) in [6.07, 6.45) is 0. The van der Waals surface area contributed by atoms with Crippen LogP contribution >= 0.6 is 0 Å². The van der Waals surface area contributed by atoms with E-state index >= 15 is 0 Å². The number of hydrogen-bond acceptors (Lipinski definition) is 4. The van der Waals surface area contributed by atoms with Crippen LogP contribution in [0.3, 0.4) is 0 Å². The van der Waals surface area contributed by atoms with Crippen molar-refractivity contribution in [1.29, 1.82) is 0 Å². The van der Waals surface area contributed by atoms with Crippen LogP contribution in [0.5, 0.6) is 0 Å². The maximum absolute atomic E-state index is 11.4. The molecule has 0 heterocycles. The van der Waals surface area contributed by atoms with Gasteiger partial charge >= 0.3 is 0 Å². The summed E-state index contributed by atoms with van der Waals surface area (Å²) in [6, 6.07) is 15.3. The normalized spacial score (nSPS) is 12.1. The molecule has 0 radical (unpaired) electrons. The van der Waals surface area contributed by atoms with Crippen molar-refractivity contribution in [3.8, 4) is 0 Å². The lowest BCUT2D eigenvalue weighted by molar-refractivity contribution is -0.520. The highest BCUT2D eigenvalue weighted by Gasteiger charge is 2.29. The first kappa shape index (κ1) is 17.8. The van der Waals surface area contributed by atoms with E-state index in [9.17, 15) is 10.1 Å². The molecule has 128 valence electrons. The van der Waals surface area contributed by atoms with Crippen LogP contribution < -0.4 is 9.80 Å². The number of anilines is 2. The first-order valence-electron chi connectivity index (χ1n) is 7.99. The Balaban J connectivity index is 2.42. The third-order valence-electron chi connectivity index (χ3n) is 4.35. The minimum Gasteiger partial charge on any atom is -0.378 e. The van der Waals surface area contributed by atoms with Gasteiger partial charge in [0.25, 0.3) is 0 Å². The van der Waals surface area contributed by atoms with Gasteiger partial charge in [0.05, 0.1) is 5.92 Å². The van der Waals surface area contributed by atoms with Crippen molar-refractivity contribution in [2.75, 3.05) is 38.0 Å². The molecule has 0 bridgehead atoms. The number of nitrogens with zero attached hydrogens (tertiary/aromatic N) is 3. The Morgan fingerprint density at radius 2 is 1.12 bits per heavy atom. The second-order valence-corrected chi connectivity index (χ2v) is 6.48. The quantitative estimate of drug-likeness (QED) is 0.601. The van der Waals surface area contributed by atoms with E-state index in [-0.39, 0.29) is 10.8 Å². The number of rotatable bonds is 6. The van der Waals surface area contributed by atoms with Crippen molar-refractivity contribution in [2.24, 2.45) is 0 Å². The molecule has 0 aliphatic heterocycles. The first-order chi connectivity index (χ1) is 11.3. The predicted molar refractivity (Wildman–Crippen MR) is 99.8 cm³/mol. The Labute approximate surface area is 143 Å². The van der Waals surface area contributed by atoms with Crippen LogP contribution in [-0.2, 0) is 0 Å². The summed E-state index contributed by atoms with van der Waals surface area (Å²) >= 11 is 0. The molecule has 24 heavy (non-hydrogen) atoms. The molecule has 0 N–H and O–H groups in total. The molecule has 2 rings (SSSR count). The van der Waals surface area contributed by atoms with Gasteiger partial charge < -0.3 is 9.80 Å². The summed E-state index contributed by atoms with van der Waals surface area (Å²) in [6.45, 7) is 1.67. The molecule has 2 aromatic carbocycles. The minimum absolute atomic E-state index is 0.204. The molecule has 5 nitrogen and oxygen atoms in total. The van der Waals surface area contributed by atoms with Gasteiger partial charge in [0.1, 0.15) is 0 Å². The maximum Gasteiger partial charge on any atom is 0.221 e. The summed E-state index contributed by atoms with van der Waals surface area (Å²) in [5.74, 6) is -0.271. The van der Waals surface area contributed by atoms with Gasteiger partial charge in [-0.15, -0.1) is 0 Å². The standard InChI is InChI=1S/C19H25N3O2/c1-14(22(23)24)19(15-6-10-17(11-7-15)20(2)3)16-8-12-18(13-9-16)21(4)5/h6-14,19H,1-5H3. The lowest BCUT2D eigenvalue weighted by Crippen LogP contribution is -2.25. The van der Waals surface area contributed by atoms with E-state index < -0.39 is 6.04 Å². The fourth-order valence-electron chi connectivity index (χ4n) is 2.83. The van der Waals surface area contributed by atoms with Crippen molar-refractivity contribution in [3.05, 3.63) is 69.8 Å². The van der Waals surface area contributed by atoms with E-state index in [1.54, 1.807) is 6.92 Å². The van der Waals surface area contributed by atoms with Gasteiger partial charge in [-0.1, -0.05) is 24.3 Å². The summed E-state index contributed by atoms with van der Waals surface area (Å²) in [5.41, 5.74) is 4.08. The van der Waals surface area contributed by atoms with E-state index in [0.29, 0.717) is 0 Å². The Morgan fingerprint density at radius 3 is 1.38 bits per heavy atom. The van der Waals surface area contributed by atoms with Gasteiger partial charge in [-0.3, -0.25) is 10.1 Å². The SMILES string of the molecule is CC(C(c1ccc(N(C)C)cc1)c1ccc(N(C)C)cc1)[N+](=O)[O-]. The summed E-state index contributed by atoms with van der Waals surface area (Å²) in [7, 11) is 7.91. The molecule has 0 aliphatic carbocycles. The molecule has 0 spiro atoms. The van der Waals surface area contributed by atoms with Gasteiger partial charge in [-0.2, -0.15) is 0 Å². The van der Waals surface area contributed by atoms with Gasteiger partial charge in [0.15, 0.2) is 0 Å². The van der Waals surface area contributed by atoms with E-state index in [2.05, 4.69) is 0 Å². The molecule has 0 aliphatic rings. The molecule has 2 aromatic rings. The van der Waals surface area contributed by atoms with Crippen molar-refractivity contribution >= 4 is 11.4 Å². The Bertz CT molecular complexity index is 627. The number of benzene rings is 2. The van der Waals surface area contributed by atoms with Crippen molar-refractivity contribution in [2.45, 2.75) is 18.9 Å². The van der Waals surface area contributed by atoms with E-state index in [1.807, 2.05) is 86.5 Å². The first-order valence-corrected chi connectivity index (χ1v) is 7.99. The molecular weight excluding hydrogens is 302 g/mol. The van der Waals surface area contributed by atoms with Gasteiger partial charge in [-0.25, -0.2) is 0 Å². The lowest BCUT2D eigenvalue weighted by Gasteiger charge is -2.21. The molecule has 0 fully saturated rings. The summed E-state index contributed by atoms with van der Waals surface area (Å²) < 4.78 is 0. The molecular formula is C19H25N3O2. The molecule has 5 heteroatoms. The largest absolute Gasteiger partial charge is 0.378 e. The highest BCUT2D eigenvalue weighted by atomic mass is 16.6. The number of nitro groups is 1. The molecule has 0 aromatic heterocycles. The van der Waals surface area contributed by atoms with Crippen LogP contribution in [0.4, 0.5) is 11.4 Å². The Hall–Kier alpha value is -2.56. The van der Waals surface area contributed by atoms with Crippen molar-refractivity contribution in [1.82, 2.24) is 0 Å².